The zero-order valence-corrected chi connectivity index (χ0v) is 17.5. The first kappa shape index (κ1) is 21.3. The Balaban J connectivity index is 1.33. The zero-order valence-electron chi connectivity index (χ0n) is 17.5. The molecule has 4 rings (SSSR count). The molecule has 31 heavy (non-hydrogen) atoms. The second kappa shape index (κ2) is 10.4. The van der Waals surface area contributed by atoms with E-state index in [9.17, 15) is 9.59 Å². The van der Waals surface area contributed by atoms with Gasteiger partial charge in [0.15, 0.2) is 5.75 Å². The van der Waals surface area contributed by atoms with Gasteiger partial charge in [0.1, 0.15) is 5.75 Å². The highest BCUT2D eigenvalue weighted by molar-refractivity contribution is 5.94. The number of hydroxylamine groups is 2. The summed E-state index contributed by atoms with van der Waals surface area (Å²) in [4.78, 5) is 36.9. The number of hydrogen-bond donors (Lipinski definition) is 1. The number of carbonyl (C=O) groups is 2. The second-order valence-corrected chi connectivity index (χ2v) is 7.82. The van der Waals surface area contributed by atoms with Crippen molar-refractivity contribution in [2.24, 2.45) is 5.92 Å². The van der Waals surface area contributed by atoms with Crippen LogP contribution in [0.3, 0.4) is 0 Å². The van der Waals surface area contributed by atoms with E-state index >= 15 is 0 Å². The number of piperidine rings is 1. The first-order valence-corrected chi connectivity index (χ1v) is 10.8. The van der Waals surface area contributed by atoms with Crippen molar-refractivity contribution in [3.8, 4) is 11.5 Å². The molecule has 2 aliphatic rings. The number of amides is 2. The van der Waals surface area contributed by atoms with Crippen LogP contribution in [0.1, 0.15) is 25.7 Å². The van der Waals surface area contributed by atoms with E-state index in [4.69, 9.17) is 9.57 Å². The Morgan fingerprint density at radius 1 is 1.16 bits per heavy atom. The summed E-state index contributed by atoms with van der Waals surface area (Å²) in [6.07, 6.45) is 6.29. The molecule has 2 aliphatic heterocycles. The van der Waals surface area contributed by atoms with Crippen LogP contribution >= 0.6 is 0 Å². The van der Waals surface area contributed by atoms with Crippen LogP contribution < -0.4 is 10.1 Å². The Morgan fingerprint density at radius 2 is 2.06 bits per heavy atom. The summed E-state index contributed by atoms with van der Waals surface area (Å²) >= 11 is 0. The molecule has 1 aromatic heterocycles. The van der Waals surface area contributed by atoms with Crippen molar-refractivity contribution in [2.45, 2.75) is 25.7 Å². The highest BCUT2D eigenvalue weighted by atomic mass is 16.7. The van der Waals surface area contributed by atoms with Gasteiger partial charge in [0.05, 0.1) is 24.4 Å². The van der Waals surface area contributed by atoms with Gasteiger partial charge < -0.3 is 15.0 Å². The molecule has 2 fully saturated rings. The highest BCUT2D eigenvalue weighted by Gasteiger charge is 2.29. The van der Waals surface area contributed by atoms with Crippen LogP contribution in [-0.4, -0.2) is 59.5 Å². The number of pyridine rings is 1. The number of anilines is 1. The van der Waals surface area contributed by atoms with E-state index < -0.39 is 0 Å². The van der Waals surface area contributed by atoms with Crippen LogP contribution in [0.25, 0.3) is 0 Å². The monoisotopic (exact) mass is 424 g/mol. The van der Waals surface area contributed by atoms with Crippen LogP contribution in [-0.2, 0) is 14.4 Å². The molecule has 1 N–H and O–H groups in total. The minimum atomic E-state index is -0.243. The van der Waals surface area contributed by atoms with Gasteiger partial charge in [0, 0.05) is 38.8 Å². The highest BCUT2D eigenvalue weighted by Crippen LogP contribution is 2.30. The summed E-state index contributed by atoms with van der Waals surface area (Å²) in [6.45, 7) is 3.34. The van der Waals surface area contributed by atoms with Crippen LogP contribution in [0.15, 0.2) is 48.8 Å². The topological polar surface area (TPSA) is 84.0 Å². The molecular weight excluding hydrogens is 396 g/mol. The molecule has 0 spiro atoms. The van der Waals surface area contributed by atoms with Crippen molar-refractivity contribution in [3.63, 3.8) is 0 Å². The van der Waals surface area contributed by atoms with Gasteiger partial charge in [-0.25, -0.2) is 0 Å². The van der Waals surface area contributed by atoms with E-state index in [0.29, 0.717) is 43.2 Å². The number of benzene rings is 1. The maximum Gasteiger partial charge on any atom is 0.229 e. The Bertz CT molecular complexity index is 886. The number of likely N-dealkylation sites (tertiary alicyclic amines) is 1. The molecule has 2 amide bonds. The normalized spacial score (nSPS) is 19.2. The third-order valence-corrected chi connectivity index (χ3v) is 5.55. The number of carbonyl (C=O) groups excluding carboxylic acids is 2. The zero-order chi connectivity index (χ0) is 21.5. The molecule has 2 aromatic rings. The fraction of sp³-hybridized carbons (Fsp3) is 0.435. The van der Waals surface area contributed by atoms with Crippen molar-refractivity contribution in [3.05, 3.63) is 48.8 Å². The van der Waals surface area contributed by atoms with Gasteiger partial charge in [0.25, 0.3) is 0 Å². The predicted octanol–water partition coefficient (Wildman–Crippen LogP) is 3.08. The smallest absolute Gasteiger partial charge is 0.229 e. The minimum Gasteiger partial charge on any atom is -0.454 e. The molecule has 164 valence electrons. The summed E-state index contributed by atoms with van der Waals surface area (Å²) in [5, 5.41) is 4.84. The molecule has 0 radical (unpaired) electrons. The van der Waals surface area contributed by atoms with Crippen molar-refractivity contribution in [1.82, 2.24) is 14.9 Å². The fourth-order valence-corrected chi connectivity index (χ4v) is 3.90. The summed E-state index contributed by atoms with van der Waals surface area (Å²) in [7, 11) is 0. The molecule has 2 saturated heterocycles. The Labute approximate surface area is 182 Å². The maximum atomic E-state index is 13.0. The molecule has 3 heterocycles. The number of nitrogens with one attached hydrogen (secondary N) is 1. The van der Waals surface area contributed by atoms with Crippen molar-refractivity contribution in [2.75, 3.05) is 38.1 Å². The molecular formula is C23H28N4O4. The molecule has 8 nitrogen and oxygen atoms in total. The fourth-order valence-electron chi connectivity index (χ4n) is 3.90. The van der Waals surface area contributed by atoms with E-state index in [-0.39, 0.29) is 17.7 Å². The van der Waals surface area contributed by atoms with Crippen molar-refractivity contribution >= 4 is 17.5 Å². The summed E-state index contributed by atoms with van der Waals surface area (Å²) in [5.74, 6) is 0.891. The lowest BCUT2D eigenvalue weighted by atomic mass is 9.96. The van der Waals surface area contributed by atoms with E-state index in [1.165, 1.54) is 0 Å². The van der Waals surface area contributed by atoms with Crippen molar-refractivity contribution in [1.29, 1.82) is 0 Å². The van der Waals surface area contributed by atoms with Crippen LogP contribution in [0.5, 0.6) is 11.5 Å². The first-order valence-electron chi connectivity index (χ1n) is 10.8. The van der Waals surface area contributed by atoms with E-state index in [1.807, 2.05) is 34.2 Å². The molecule has 0 bridgehead atoms. The molecule has 1 unspecified atom stereocenters. The van der Waals surface area contributed by atoms with Gasteiger partial charge in [-0.3, -0.25) is 19.4 Å². The largest absolute Gasteiger partial charge is 0.454 e. The summed E-state index contributed by atoms with van der Waals surface area (Å²) < 4.78 is 5.88. The Morgan fingerprint density at radius 3 is 2.87 bits per heavy atom. The lowest BCUT2D eigenvalue weighted by molar-refractivity contribution is -0.141. The van der Waals surface area contributed by atoms with E-state index in [0.717, 1.165) is 32.4 Å². The average molecular weight is 425 g/mol. The molecule has 0 saturated carbocycles. The molecule has 1 aromatic carbocycles. The van der Waals surface area contributed by atoms with Gasteiger partial charge in [-0.2, -0.15) is 5.06 Å². The van der Waals surface area contributed by atoms with Crippen molar-refractivity contribution < 1.29 is 19.2 Å². The number of hydrogen-bond acceptors (Lipinski definition) is 6. The third-order valence-electron chi connectivity index (χ3n) is 5.55. The SMILES string of the molecule is O=C(Nc1ccccc1Oc1cccnc1)C1CCCN(C(=O)CCN2CCCO2)C1. The second-order valence-electron chi connectivity index (χ2n) is 7.82. The van der Waals surface area contributed by atoms with E-state index in [2.05, 4.69) is 10.3 Å². The third kappa shape index (κ3) is 5.80. The Kier molecular flexibility index (Phi) is 7.11. The standard InChI is InChI=1S/C23H28N4O4/c28-22(10-14-27-13-5-15-30-27)26-12-4-6-18(17-26)23(29)25-20-8-1-2-9-21(20)31-19-7-3-11-24-16-19/h1-3,7-9,11,16,18H,4-6,10,12-15,17H2,(H,25,29). The van der Waals surface area contributed by atoms with E-state index in [1.54, 1.807) is 24.5 Å². The summed E-state index contributed by atoms with van der Waals surface area (Å²) in [6, 6.07) is 10.9. The van der Waals surface area contributed by atoms with Gasteiger partial charge in [-0.15, -0.1) is 0 Å². The first-order chi connectivity index (χ1) is 15.2. The number of aromatic nitrogens is 1. The maximum absolute atomic E-state index is 13.0. The number of rotatable bonds is 7. The summed E-state index contributed by atoms with van der Waals surface area (Å²) in [5.41, 5.74) is 0.603. The average Bonchev–Trinajstić information content (AvgIpc) is 3.33. The van der Waals surface area contributed by atoms with Gasteiger partial charge >= 0.3 is 0 Å². The van der Waals surface area contributed by atoms with Crippen LogP contribution in [0.2, 0.25) is 0 Å². The minimum absolute atomic E-state index is 0.0771. The molecule has 0 aliphatic carbocycles. The lowest BCUT2D eigenvalue weighted by Gasteiger charge is -2.32. The van der Waals surface area contributed by atoms with Crippen LogP contribution in [0.4, 0.5) is 5.69 Å². The Hall–Kier alpha value is -2.97. The van der Waals surface area contributed by atoms with Gasteiger partial charge in [-0.1, -0.05) is 12.1 Å². The van der Waals surface area contributed by atoms with Gasteiger partial charge in [0.2, 0.25) is 11.8 Å². The number of ether oxygens (including phenoxy) is 1. The van der Waals surface area contributed by atoms with Crippen LogP contribution in [0, 0.1) is 5.92 Å². The predicted molar refractivity (Wildman–Crippen MR) is 115 cm³/mol. The molecule has 8 heteroatoms. The number of para-hydroxylation sites is 2. The quantitative estimate of drug-likeness (QED) is 0.735. The number of nitrogens with zero attached hydrogens (tertiary/aromatic N) is 3. The lowest BCUT2D eigenvalue weighted by Crippen LogP contribution is -2.44. The van der Waals surface area contributed by atoms with Gasteiger partial charge in [-0.05, 0) is 43.5 Å². The molecule has 1 atom stereocenters.